The Hall–Kier alpha value is -1.58. The maximum Gasteiger partial charge on any atom is 0.311 e. The topological polar surface area (TPSA) is 42.4 Å². The van der Waals surface area contributed by atoms with Crippen LogP contribution in [0.25, 0.3) is 0 Å². The van der Waals surface area contributed by atoms with E-state index >= 15 is 0 Å². The zero-order valence-corrected chi connectivity index (χ0v) is 12.9. The second-order valence-corrected chi connectivity index (χ2v) is 5.88. The van der Waals surface area contributed by atoms with E-state index in [-0.39, 0.29) is 11.4 Å². The number of anilines is 1. The molecule has 1 aliphatic rings. The third-order valence-electron chi connectivity index (χ3n) is 4.07. The fourth-order valence-electron chi connectivity index (χ4n) is 2.76. The Morgan fingerprint density at radius 2 is 1.85 bits per heavy atom. The van der Waals surface area contributed by atoms with Gasteiger partial charge in [0.15, 0.2) is 0 Å². The first kappa shape index (κ1) is 14.8. The molecule has 0 spiro atoms. The molecule has 0 aliphatic carbocycles. The summed E-state index contributed by atoms with van der Waals surface area (Å²) < 4.78 is 5.20. The third-order valence-corrected chi connectivity index (χ3v) is 4.07. The van der Waals surface area contributed by atoms with Gasteiger partial charge in [0.2, 0.25) is 0 Å². The van der Waals surface area contributed by atoms with Crippen LogP contribution >= 0.6 is 0 Å². The molecule has 1 saturated heterocycles. The summed E-state index contributed by atoms with van der Waals surface area (Å²) in [6.45, 7) is 10.1. The summed E-state index contributed by atoms with van der Waals surface area (Å²) in [7, 11) is 0. The lowest BCUT2D eigenvalue weighted by Gasteiger charge is -2.38. The highest BCUT2D eigenvalue weighted by Gasteiger charge is 2.38. The number of pyridine rings is 1. The molecule has 0 amide bonds. The maximum atomic E-state index is 12.0. The van der Waals surface area contributed by atoms with E-state index in [4.69, 9.17) is 4.74 Å². The van der Waals surface area contributed by atoms with Crippen LogP contribution in [0.3, 0.4) is 0 Å². The standard InChI is InChI=1S/C16H24N2O2/c1-5-20-15(19)16(4)6-8-18(9-7-16)14-10-12(2)17-13(3)11-14/h10-11H,5-9H2,1-4H3. The van der Waals surface area contributed by atoms with E-state index in [1.54, 1.807) is 0 Å². The highest BCUT2D eigenvalue weighted by atomic mass is 16.5. The van der Waals surface area contributed by atoms with E-state index in [9.17, 15) is 4.79 Å². The quantitative estimate of drug-likeness (QED) is 0.796. The molecule has 2 rings (SSSR count). The van der Waals surface area contributed by atoms with Gasteiger partial charge in [-0.2, -0.15) is 0 Å². The average molecular weight is 276 g/mol. The van der Waals surface area contributed by atoms with Crippen LogP contribution in [0.2, 0.25) is 0 Å². The Morgan fingerprint density at radius 1 is 1.30 bits per heavy atom. The lowest BCUT2D eigenvalue weighted by atomic mass is 9.80. The molecule has 20 heavy (non-hydrogen) atoms. The Morgan fingerprint density at radius 3 is 2.35 bits per heavy atom. The average Bonchev–Trinajstić information content (AvgIpc) is 2.38. The van der Waals surface area contributed by atoms with Gasteiger partial charge in [0.25, 0.3) is 0 Å². The van der Waals surface area contributed by atoms with Crippen molar-refractivity contribution in [2.24, 2.45) is 5.41 Å². The summed E-state index contributed by atoms with van der Waals surface area (Å²) in [6, 6.07) is 4.22. The first-order valence-electron chi connectivity index (χ1n) is 7.32. The van der Waals surface area contributed by atoms with Crippen molar-refractivity contribution in [1.82, 2.24) is 4.98 Å². The minimum absolute atomic E-state index is 0.0539. The first-order valence-corrected chi connectivity index (χ1v) is 7.32. The predicted octanol–water partition coefficient (Wildman–Crippen LogP) is 2.87. The number of rotatable bonds is 3. The van der Waals surface area contributed by atoms with Crippen molar-refractivity contribution in [2.75, 3.05) is 24.6 Å². The molecule has 0 atom stereocenters. The molecule has 0 aromatic carbocycles. The van der Waals surface area contributed by atoms with E-state index in [0.717, 1.165) is 37.3 Å². The Kier molecular flexibility index (Phi) is 4.31. The van der Waals surface area contributed by atoms with E-state index in [1.165, 1.54) is 5.69 Å². The molecule has 0 radical (unpaired) electrons. The molecule has 0 bridgehead atoms. The van der Waals surface area contributed by atoms with Crippen molar-refractivity contribution in [1.29, 1.82) is 0 Å². The molecule has 1 aromatic rings. The van der Waals surface area contributed by atoms with Gasteiger partial charge in [0.1, 0.15) is 0 Å². The zero-order valence-electron chi connectivity index (χ0n) is 12.9. The SMILES string of the molecule is CCOC(=O)C1(C)CCN(c2cc(C)nc(C)c2)CC1. The van der Waals surface area contributed by atoms with Crippen molar-refractivity contribution < 1.29 is 9.53 Å². The molecule has 110 valence electrons. The number of ether oxygens (including phenoxy) is 1. The largest absolute Gasteiger partial charge is 0.466 e. The number of aromatic nitrogens is 1. The molecular weight excluding hydrogens is 252 g/mol. The van der Waals surface area contributed by atoms with E-state index in [0.29, 0.717) is 6.61 Å². The first-order chi connectivity index (χ1) is 9.44. The normalized spacial score (nSPS) is 17.9. The molecule has 2 heterocycles. The maximum absolute atomic E-state index is 12.0. The molecular formula is C16H24N2O2. The molecule has 0 saturated carbocycles. The number of esters is 1. The van der Waals surface area contributed by atoms with Gasteiger partial charge < -0.3 is 9.64 Å². The molecule has 4 nitrogen and oxygen atoms in total. The fourth-order valence-corrected chi connectivity index (χ4v) is 2.76. The van der Waals surface area contributed by atoms with Gasteiger partial charge in [-0.05, 0) is 52.7 Å². The van der Waals surface area contributed by atoms with Crippen LogP contribution in [0.1, 0.15) is 38.1 Å². The van der Waals surface area contributed by atoms with Gasteiger partial charge in [-0.1, -0.05) is 0 Å². The van der Waals surface area contributed by atoms with Crippen molar-refractivity contribution in [3.63, 3.8) is 0 Å². The van der Waals surface area contributed by atoms with Crippen molar-refractivity contribution >= 4 is 11.7 Å². The van der Waals surface area contributed by atoms with Gasteiger partial charge in [0, 0.05) is 30.2 Å². The number of hydrogen-bond acceptors (Lipinski definition) is 4. The summed E-state index contributed by atoms with van der Waals surface area (Å²) in [5.41, 5.74) is 2.96. The van der Waals surface area contributed by atoms with Gasteiger partial charge in [-0.15, -0.1) is 0 Å². The van der Waals surface area contributed by atoms with Crippen molar-refractivity contribution in [3.05, 3.63) is 23.5 Å². The lowest BCUT2D eigenvalue weighted by Crippen LogP contribution is -2.43. The fraction of sp³-hybridized carbons (Fsp3) is 0.625. The van der Waals surface area contributed by atoms with Crippen LogP contribution in [0, 0.1) is 19.3 Å². The minimum atomic E-state index is -0.330. The monoisotopic (exact) mass is 276 g/mol. The van der Waals surface area contributed by atoms with Crippen LogP contribution in [0.5, 0.6) is 0 Å². The molecule has 4 heteroatoms. The second kappa shape index (κ2) is 5.81. The molecule has 1 aliphatic heterocycles. The lowest BCUT2D eigenvalue weighted by molar-refractivity contribution is -0.155. The Balaban J connectivity index is 2.05. The smallest absolute Gasteiger partial charge is 0.311 e. The minimum Gasteiger partial charge on any atom is -0.466 e. The van der Waals surface area contributed by atoms with Crippen molar-refractivity contribution in [3.8, 4) is 0 Å². The second-order valence-electron chi connectivity index (χ2n) is 5.88. The molecule has 0 N–H and O–H groups in total. The molecule has 1 aromatic heterocycles. The van der Waals surface area contributed by atoms with E-state index in [1.807, 2.05) is 27.7 Å². The highest BCUT2D eigenvalue weighted by molar-refractivity contribution is 5.76. The number of carbonyl (C=O) groups excluding carboxylic acids is 1. The summed E-state index contributed by atoms with van der Waals surface area (Å²) >= 11 is 0. The Labute approximate surface area is 121 Å². The summed E-state index contributed by atoms with van der Waals surface area (Å²) in [5, 5.41) is 0. The van der Waals surface area contributed by atoms with Gasteiger partial charge in [-0.25, -0.2) is 0 Å². The molecule has 1 fully saturated rings. The number of carbonyl (C=O) groups is 1. The van der Waals surface area contributed by atoms with Crippen LogP contribution in [-0.4, -0.2) is 30.6 Å². The van der Waals surface area contributed by atoms with Gasteiger partial charge in [-0.3, -0.25) is 9.78 Å². The van der Waals surface area contributed by atoms with Crippen LogP contribution < -0.4 is 4.90 Å². The number of nitrogens with zero attached hydrogens (tertiary/aromatic N) is 2. The van der Waals surface area contributed by atoms with E-state index < -0.39 is 0 Å². The predicted molar refractivity (Wildman–Crippen MR) is 79.9 cm³/mol. The summed E-state index contributed by atoms with van der Waals surface area (Å²) in [6.07, 6.45) is 1.68. The summed E-state index contributed by atoms with van der Waals surface area (Å²) in [4.78, 5) is 18.8. The number of piperidine rings is 1. The Bertz CT molecular complexity index is 471. The van der Waals surface area contributed by atoms with E-state index in [2.05, 4.69) is 22.0 Å². The van der Waals surface area contributed by atoms with Crippen LogP contribution in [-0.2, 0) is 9.53 Å². The number of hydrogen-bond donors (Lipinski definition) is 0. The zero-order chi connectivity index (χ0) is 14.8. The van der Waals surface area contributed by atoms with Crippen LogP contribution in [0.15, 0.2) is 12.1 Å². The van der Waals surface area contributed by atoms with Crippen LogP contribution in [0.4, 0.5) is 5.69 Å². The van der Waals surface area contributed by atoms with Crippen molar-refractivity contribution in [2.45, 2.75) is 40.5 Å². The molecule has 0 unspecified atom stereocenters. The summed E-state index contributed by atoms with van der Waals surface area (Å²) in [5.74, 6) is -0.0539. The number of aryl methyl sites for hydroxylation is 2. The third kappa shape index (κ3) is 3.11. The van der Waals surface area contributed by atoms with Gasteiger partial charge >= 0.3 is 5.97 Å². The van der Waals surface area contributed by atoms with Gasteiger partial charge in [0.05, 0.1) is 12.0 Å². The highest BCUT2D eigenvalue weighted by Crippen LogP contribution is 2.34.